The second kappa shape index (κ2) is 6.62. The van der Waals surface area contributed by atoms with Crippen molar-refractivity contribution in [3.05, 3.63) is 34.3 Å². The van der Waals surface area contributed by atoms with Gasteiger partial charge in [-0.1, -0.05) is 28.1 Å². The van der Waals surface area contributed by atoms with Gasteiger partial charge >= 0.3 is 0 Å². The molecule has 0 fully saturated rings. The van der Waals surface area contributed by atoms with Crippen molar-refractivity contribution in [2.45, 2.75) is 25.8 Å². The predicted octanol–water partition coefficient (Wildman–Crippen LogP) is 2.24. The molecule has 1 aromatic rings. The van der Waals surface area contributed by atoms with Crippen molar-refractivity contribution >= 4 is 15.9 Å². The van der Waals surface area contributed by atoms with Gasteiger partial charge in [0.05, 0.1) is 0 Å². The third-order valence-corrected chi connectivity index (χ3v) is 2.63. The Balaban J connectivity index is 2.60. The molecule has 2 nitrogen and oxygen atoms in total. The molecule has 3 heteroatoms. The third kappa shape index (κ3) is 4.48. The van der Waals surface area contributed by atoms with Gasteiger partial charge in [-0.2, -0.15) is 0 Å². The molecule has 0 aliphatic rings. The lowest BCUT2D eigenvalue weighted by molar-refractivity contribution is 0.536. The number of halogens is 1. The van der Waals surface area contributed by atoms with Crippen molar-refractivity contribution in [3.8, 4) is 11.8 Å². The number of hydrogen-bond donors (Lipinski definition) is 2. The van der Waals surface area contributed by atoms with Crippen LogP contribution in [0, 0.1) is 11.8 Å². The number of nitrogens with two attached hydrogens (primary N) is 1. The van der Waals surface area contributed by atoms with Crippen LogP contribution in [0.5, 0.6) is 0 Å². The number of hydrogen-bond acceptors (Lipinski definition) is 2. The van der Waals surface area contributed by atoms with Gasteiger partial charge in [-0.15, -0.1) is 11.8 Å². The SMILES string of the molecule is CC#CCC(Cc1cccc(Br)c1)NN. The lowest BCUT2D eigenvalue weighted by Crippen LogP contribution is -2.36. The Hall–Kier alpha value is -0.820. The summed E-state index contributed by atoms with van der Waals surface area (Å²) >= 11 is 3.45. The quantitative estimate of drug-likeness (QED) is 0.499. The van der Waals surface area contributed by atoms with E-state index in [0.717, 1.165) is 17.3 Å². The molecule has 0 heterocycles. The van der Waals surface area contributed by atoms with E-state index in [4.69, 9.17) is 5.84 Å². The molecule has 0 radical (unpaired) electrons. The van der Waals surface area contributed by atoms with Crippen molar-refractivity contribution in [2.24, 2.45) is 5.84 Å². The van der Waals surface area contributed by atoms with Gasteiger partial charge in [0.15, 0.2) is 0 Å². The lowest BCUT2D eigenvalue weighted by atomic mass is 10.0. The Bertz CT molecular complexity index is 365. The van der Waals surface area contributed by atoms with E-state index < -0.39 is 0 Å². The average molecular weight is 267 g/mol. The van der Waals surface area contributed by atoms with Crippen LogP contribution < -0.4 is 11.3 Å². The molecular formula is C12H15BrN2. The summed E-state index contributed by atoms with van der Waals surface area (Å²) in [5.41, 5.74) is 4.04. The van der Waals surface area contributed by atoms with Gasteiger partial charge in [0.25, 0.3) is 0 Å². The largest absolute Gasteiger partial charge is 0.271 e. The minimum atomic E-state index is 0.215. The minimum absolute atomic E-state index is 0.215. The smallest absolute Gasteiger partial charge is 0.0360 e. The summed E-state index contributed by atoms with van der Waals surface area (Å²) in [6.45, 7) is 1.84. The van der Waals surface area contributed by atoms with E-state index in [0.29, 0.717) is 0 Å². The molecule has 0 saturated carbocycles. The fourth-order valence-corrected chi connectivity index (χ4v) is 1.81. The minimum Gasteiger partial charge on any atom is -0.271 e. The van der Waals surface area contributed by atoms with Crippen LogP contribution in [0.15, 0.2) is 28.7 Å². The van der Waals surface area contributed by atoms with E-state index >= 15 is 0 Å². The molecule has 3 N–H and O–H groups in total. The molecule has 15 heavy (non-hydrogen) atoms. The van der Waals surface area contributed by atoms with Gasteiger partial charge in [0, 0.05) is 16.9 Å². The molecule has 1 aromatic carbocycles. The summed E-state index contributed by atoms with van der Waals surface area (Å²) in [7, 11) is 0. The van der Waals surface area contributed by atoms with Crippen molar-refractivity contribution in [3.63, 3.8) is 0 Å². The van der Waals surface area contributed by atoms with E-state index in [1.165, 1.54) is 5.56 Å². The van der Waals surface area contributed by atoms with Crippen LogP contribution in [0.3, 0.4) is 0 Å². The van der Waals surface area contributed by atoms with Gasteiger partial charge in [0.2, 0.25) is 0 Å². The molecule has 0 amide bonds. The first-order valence-electron chi connectivity index (χ1n) is 4.86. The normalized spacial score (nSPS) is 11.7. The first-order chi connectivity index (χ1) is 7.26. The molecule has 1 rings (SSSR count). The maximum absolute atomic E-state index is 5.47. The molecular weight excluding hydrogens is 252 g/mol. The number of hydrazine groups is 1. The Morgan fingerprint density at radius 1 is 1.53 bits per heavy atom. The fraction of sp³-hybridized carbons (Fsp3) is 0.333. The summed E-state index contributed by atoms with van der Waals surface area (Å²) in [5, 5.41) is 0. The fourth-order valence-electron chi connectivity index (χ4n) is 1.36. The predicted molar refractivity (Wildman–Crippen MR) is 67.0 cm³/mol. The highest BCUT2D eigenvalue weighted by atomic mass is 79.9. The standard InChI is InChI=1S/C12H15BrN2/c1-2-3-7-12(15-14)9-10-5-4-6-11(13)8-10/h4-6,8,12,15H,7,9,14H2,1H3. The second-order valence-electron chi connectivity index (χ2n) is 3.33. The van der Waals surface area contributed by atoms with E-state index in [1.807, 2.05) is 19.1 Å². The first kappa shape index (κ1) is 12.3. The van der Waals surface area contributed by atoms with Crippen LogP contribution in [0.1, 0.15) is 18.9 Å². The van der Waals surface area contributed by atoms with Crippen LogP contribution in [-0.4, -0.2) is 6.04 Å². The molecule has 80 valence electrons. The van der Waals surface area contributed by atoms with Gasteiger partial charge in [0.1, 0.15) is 0 Å². The highest BCUT2D eigenvalue weighted by molar-refractivity contribution is 9.10. The summed E-state index contributed by atoms with van der Waals surface area (Å²) < 4.78 is 1.09. The molecule has 0 aromatic heterocycles. The number of nitrogens with one attached hydrogen (secondary N) is 1. The maximum Gasteiger partial charge on any atom is 0.0360 e. The van der Waals surface area contributed by atoms with E-state index in [2.05, 4.69) is 45.3 Å². The maximum atomic E-state index is 5.47. The first-order valence-corrected chi connectivity index (χ1v) is 5.65. The lowest BCUT2D eigenvalue weighted by Gasteiger charge is -2.12. The van der Waals surface area contributed by atoms with Crippen molar-refractivity contribution in [1.82, 2.24) is 5.43 Å². The molecule has 0 bridgehead atoms. The van der Waals surface area contributed by atoms with Gasteiger partial charge < -0.3 is 0 Å². The highest BCUT2D eigenvalue weighted by Crippen LogP contribution is 2.13. The molecule has 0 aliphatic heterocycles. The highest BCUT2D eigenvalue weighted by Gasteiger charge is 2.05. The van der Waals surface area contributed by atoms with Crippen molar-refractivity contribution < 1.29 is 0 Å². The molecule has 0 aliphatic carbocycles. The Labute approximate surface area is 99.3 Å². The molecule has 1 unspecified atom stereocenters. The number of rotatable bonds is 4. The van der Waals surface area contributed by atoms with Crippen molar-refractivity contribution in [2.75, 3.05) is 0 Å². The van der Waals surface area contributed by atoms with Crippen LogP contribution >= 0.6 is 15.9 Å². The zero-order valence-electron chi connectivity index (χ0n) is 8.76. The van der Waals surface area contributed by atoms with Crippen LogP contribution in [0.25, 0.3) is 0 Å². The summed E-state index contributed by atoms with van der Waals surface area (Å²) in [5.74, 6) is 11.4. The summed E-state index contributed by atoms with van der Waals surface area (Å²) in [6, 6.07) is 8.45. The Morgan fingerprint density at radius 3 is 2.93 bits per heavy atom. The third-order valence-electron chi connectivity index (χ3n) is 2.13. The van der Waals surface area contributed by atoms with Gasteiger partial charge in [-0.25, -0.2) is 0 Å². The summed E-state index contributed by atoms with van der Waals surface area (Å²) in [4.78, 5) is 0. The van der Waals surface area contributed by atoms with Crippen LogP contribution in [0.2, 0.25) is 0 Å². The molecule has 1 atom stereocenters. The zero-order chi connectivity index (χ0) is 11.1. The van der Waals surface area contributed by atoms with Gasteiger partial charge in [-0.05, 0) is 31.0 Å². The van der Waals surface area contributed by atoms with Crippen molar-refractivity contribution in [1.29, 1.82) is 0 Å². The number of benzene rings is 1. The van der Waals surface area contributed by atoms with Crippen LogP contribution in [-0.2, 0) is 6.42 Å². The topological polar surface area (TPSA) is 38.0 Å². The van der Waals surface area contributed by atoms with E-state index in [1.54, 1.807) is 0 Å². The molecule has 0 spiro atoms. The zero-order valence-corrected chi connectivity index (χ0v) is 10.3. The van der Waals surface area contributed by atoms with Crippen LogP contribution in [0.4, 0.5) is 0 Å². The Kier molecular flexibility index (Phi) is 5.41. The average Bonchev–Trinajstić information content (AvgIpc) is 2.24. The second-order valence-corrected chi connectivity index (χ2v) is 4.24. The van der Waals surface area contributed by atoms with Gasteiger partial charge in [-0.3, -0.25) is 11.3 Å². The summed E-state index contributed by atoms with van der Waals surface area (Å²) in [6.07, 6.45) is 1.67. The van der Waals surface area contributed by atoms with E-state index in [-0.39, 0.29) is 6.04 Å². The molecule has 0 saturated heterocycles. The Morgan fingerprint density at radius 2 is 2.33 bits per heavy atom. The monoisotopic (exact) mass is 266 g/mol. The van der Waals surface area contributed by atoms with E-state index in [9.17, 15) is 0 Å².